The molecule has 19 heavy (non-hydrogen) atoms. The molecule has 2 aromatic heterocycles. The van der Waals surface area contributed by atoms with E-state index >= 15 is 0 Å². The van der Waals surface area contributed by atoms with E-state index in [9.17, 15) is 0 Å². The summed E-state index contributed by atoms with van der Waals surface area (Å²) < 4.78 is 5.29. The van der Waals surface area contributed by atoms with Crippen molar-refractivity contribution in [2.45, 2.75) is 17.4 Å². The first-order valence-electron chi connectivity index (χ1n) is 5.93. The molecule has 1 N–H and O–H groups in total. The van der Waals surface area contributed by atoms with Gasteiger partial charge in [0.1, 0.15) is 11.8 Å². The smallest absolute Gasteiger partial charge is 0.274 e. The molecule has 2 atom stereocenters. The standard InChI is InChI=1S/C12H12N4OS2/c1-7-10(19-3-2-18-7)11-15-12(17-16-11)9-4-8(5-13)6-14-9/h4,6-7,10,14H,2-3H2,1H3. The number of H-pyrrole nitrogens is 1. The van der Waals surface area contributed by atoms with Gasteiger partial charge >= 0.3 is 0 Å². The number of thioether (sulfide) groups is 2. The van der Waals surface area contributed by atoms with Crippen LogP contribution in [0, 0.1) is 11.3 Å². The lowest BCUT2D eigenvalue weighted by Crippen LogP contribution is -2.16. The Morgan fingerprint density at radius 3 is 3.05 bits per heavy atom. The second-order valence-electron chi connectivity index (χ2n) is 4.24. The van der Waals surface area contributed by atoms with Gasteiger partial charge in [-0.15, -0.1) is 11.8 Å². The van der Waals surface area contributed by atoms with Crippen molar-refractivity contribution in [3.05, 3.63) is 23.7 Å². The largest absolute Gasteiger partial charge is 0.356 e. The average molecular weight is 292 g/mol. The molecule has 3 heterocycles. The molecular weight excluding hydrogens is 280 g/mol. The monoisotopic (exact) mass is 292 g/mol. The lowest BCUT2D eigenvalue weighted by molar-refractivity contribution is 0.421. The molecule has 2 aromatic rings. The lowest BCUT2D eigenvalue weighted by Gasteiger charge is -2.24. The second-order valence-corrected chi connectivity index (χ2v) is 6.97. The molecule has 0 spiro atoms. The van der Waals surface area contributed by atoms with Crippen LogP contribution in [0.4, 0.5) is 0 Å². The van der Waals surface area contributed by atoms with Gasteiger partial charge in [0.15, 0.2) is 5.82 Å². The fourth-order valence-corrected chi connectivity index (χ4v) is 4.64. The summed E-state index contributed by atoms with van der Waals surface area (Å²) in [6.45, 7) is 2.19. The fraction of sp³-hybridized carbons (Fsp3) is 0.417. The minimum absolute atomic E-state index is 0.279. The van der Waals surface area contributed by atoms with Gasteiger partial charge in [-0.25, -0.2) is 0 Å². The first-order chi connectivity index (χ1) is 9.28. The van der Waals surface area contributed by atoms with E-state index < -0.39 is 0 Å². The van der Waals surface area contributed by atoms with Gasteiger partial charge in [-0.05, 0) is 6.07 Å². The molecule has 1 saturated heterocycles. The van der Waals surface area contributed by atoms with E-state index in [1.165, 1.54) is 5.75 Å². The van der Waals surface area contributed by atoms with Gasteiger partial charge < -0.3 is 9.51 Å². The quantitative estimate of drug-likeness (QED) is 0.917. The Morgan fingerprint density at radius 1 is 1.47 bits per heavy atom. The molecule has 7 heteroatoms. The van der Waals surface area contributed by atoms with Crippen LogP contribution < -0.4 is 0 Å². The van der Waals surface area contributed by atoms with Crippen molar-refractivity contribution in [1.29, 1.82) is 5.26 Å². The van der Waals surface area contributed by atoms with E-state index in [2.05, 4.69) is 28.1 Å². The van der Waals surface area contributed by atoms with Gasteiger partial charge in [0.05, 0.1) is 10.8 Å². The van der Waals surface area contributed by atoms with Crippen molar-refractivity contribution in [2.24, 2.45) is 0 Å². The highest BCUT2D eigenvalue weighted by molar-refractivity contribution is 8.06. The van der Waals surface area contributed by atoms with Gasteiger partial charge in [-0.3, -0.25) is 0 Å². The molecule has 98 valence electrons. The predicted molar refractivity (Wildman–Crippen MR) is 75.9 cm³/mol. The van der Waals surface area contributed by atoms with Crippen molar-refractivity contribution in [3.63, 3.8) is 0 Å². The van der Waals surface area contributed by atoms with Crippen LogP contribution in [0.15, 0.2) is 16.8 Å². The molecule has 3 rings (SSSR count). The molecule has 0 bridgehead atoms. The van der Waals surface area contributed by atoms with E-state index in [1.807, 2.05) is 23.5 Å². The van der Waals surface area contributed by atoms with Crippen LogP contribution in [0.25, 0.3) is 11.6 Å². The zero-order valence-corrected chi connectivity index (χ0v) is 11.9. The summed E-state index contributed by atoms with van der Waals surface area (Å²) in [5.74, 6) is 3.48. The van der Waals surface area contributed by atoms with Crippen LogP contribution in [-0.2, 0) is 0 Å². The van der Waals surface area contributed by atoms with Crippen LogP contribution >= 0.6 is 23.5 Å². The van der Waals surface area contributed by atoms with E-state index in [-0.39, 0.29) is 5.25 Å². The van der Waals surface area contributed by atoms with Crippen molar-refractivity contribution in [3.8, 4) is 17.7 Å². The lowest BCUT2D eigenvalue weighted by atomic mass is 10.3. The van der Waals surface area contributed by atoms with E-state index in [0.717, 1.165) is 11.6 Å². The van der Waals surface area contributed by atoms with E-state index in [4.69, 9.17) is 9.78 Å². The van der Waals surface area contributed by atoms with Gasteiger partial charge in [-0.2, -0.15) is 22.0 Å². The summed E-state index contributed by atoms with van der Waals surface area (Å²) in [6, 6.07) is 3.78. The van der Waals surface area contributed by atoms with Crippen LogP contribution in [0.3, 0.4) is 0 Å². The third-order valence-corrected chi connectivity index (χ3v) is 6.01. The third-order valence-electron chi connectivity index (χ3n) is 2.93. The van der Waals surface area contributed by atoms with Crippen molar-refractivity contribution in [2.75, 3.05) is 11.5 Å². The van der Waals surface area contributed by atoms with Crippen molar-refractivity contribution < 1.29 is 4.52 Å². The summed E-state index contributed by atoms with van der Waals surface area (Å²) in [6.07, 6.45) is 1.63. The minimum Gasteiger partial charge on any atom is -0.356 e. The van der Waals surface area contributed by atoms with Crippen molar-refractivity contribution >= 4 is 23.5 Å². The highest BCUT2D eigenvalue weighted by atomic mass is 32.2. The van der Waals surface area contributed by atoms with E-state index in [0.29, 0.717) is 22.4 Å². The van der Waals surface area contributed by atoms with Gasteiger partial charge in [0.2, 0.25) is 0 Å². The Kier molecular flexibility index (Phi) is 3.53. The molecule has 5 nitrogen and oxygen atoms in total. The van der Waals surface area contributed by atoms with Crippen LogP contribution in [0.1, 0.15) is 23.6 Å². The Labute approximate surface area is 119 Å². The maximum atomic E-state index is 8.80. The zero-order chi connectivity index (χ0) is 13.2. The molecule has 1 fully saturated rings. The zero-order valence-electron chi connectivity index (χ0n) is 10.3. The Balaban J connectivity index is 1.84. The topological polar surface area (TPSA) is 78.5 Å². The molecule has 0 amide bonds. The summed E-state index contributed by atoms with van der Waals surface area (Å²) in [7, 11) is 0. The Hall–Kier alpha value is -1.39. The molecule has 0 aromatic carbocycles. The normalized spacial score (nSPS) is 23.2. The summed E-state index contributed by atoms with van der Waals surface area (Å²) >= 11 is 3.81. The number of aromatic amines is 1. The minimum atomic E-state index is 0.279. The molecule has 0 aliphatic carbocycles. The molecule has 1 aliphatic heterocycles. The molecule has 2 unspecified atom stereocenters. The second kappa shape index (κ2) is 5.31. The number of hydrogen-bond acceptors (Lipinski definition) is 6. The molecule has 0 radical (unpaired) electrons. The summed E-state index contributed by atoms with van der Waals surface area (Å²) in [5.41, 5.74) is 1.25. The SMILES string of the molecule is CC1SCCSC1c1noc(-c2cc(C#N)c[nH]2)n1. The summed E-state index contributed by atoms with van der Waals surface area (Å²) in [4.78, 5) is 7.42. The highest BCUT2D eigenvalue weighted by Gasteiger charge is 2.28. The fourth-order valence-electron chi connectivity index (χ4n) is 1.96. The molecular formula is C12H12N4OS2. The van der Waals surface area contributed by atoms with E-state index in [1.54, 1.807) is 12.3 Å². The number of aromatic nitrogens is 3. The van der Waals surface area contributed by atoms with Gasteiger partial charge in [0.25, 0.3) is 5.89 Å². The number of rotatable bonds is 2. The number of hydrogen-bond donors (Lipinski definition) is 1. The third kappa shape index (κ3) is 2.51. The van der Waals surface area contributed by atoms with Gasteiger partial charge in [0, 0.05) is 23.0 Å². The molecule has 1 aliphatic rings. The number of nitrogens with one attached hydrogen (secondary N) is 1. The Bertz CT molecular complexity index is 615. The molecule has 0 saturated carbocycles. The maximum Gasteiger partial charge on any atom is 0.274 e. The number of nitriles is 1. The first-order valence-corrected chi connectivity index (χ1v) is 8.03. The van der Waals surface area contributed by atoms with Gasteiger partial charge in [-0.1, -0.05) is 12.1 Å². The van der Waals surface area contributed by atoms with Crippen LogP contribution in [0.2, 0.25) is 0 Å². The first kappa shape index (κ1) is 12.6. The average Bonchev–Trinajstić information content (AvgIpc) is 3.08. The van der Waals surface area contributed by atoms with Crippen LogP contribution in [0.5, 0.6) is 0 Å². The van der Waals surface area contributed by atoms with Crippen molar-refractivity contribution in [1.82, 2.24) is 15.1 Å². The summed E-state index contributed by atoms with van der Waals surface area (Å²) in [5, 5.41) is 13.6. The highest BCUT2D eigenvalue weighted by Crippen LogP contribution is 2.41. The maximum absolute atomic E-state index is 8.80. The number of nitrogens with zero attached hydrogens (tertiary/aromatic N) is 3. The predicted octanol–water partition coefficient (Wildman–Crippen LogP) is 2.85. The van der Waals surface area contributed by atoms with Crippen LogP contribution in [-0.4, -0.2) is 31.9 Å². The Morgan fingerprint density at radius 2 is 2.32 bits per heavy atom.